The quantitative estimate of drug-likeness (QED) is 0.219. The molecule has 10 nitrogen and oxygen atoms in total. The van der Waals surface area contributed by atoms with Crippen LogP contribution in [0.2, 0.25) is 5.02 Å². The topological polar surface area (TPSA) is 130 Å². The van der Waals surface area contributed by atoms with Crippen LogP contribution in [0.15, 0.2) is 48.5 Å². The number of H-pyrrole nitrogens is 1. The number of nitrogens with zero attached hydrogens (tertiary/aromatic N) is 4. The van der Waals surface area contributed by atoms with Gasteiger partial charge >= 0.3 is 18.2 Å². The molecule has 0 atom stereocenters. The average molecular weight is 533 g/mol. The van der Waals surface area contributed by atoms with Crippen LogP contribution in [0.5, 0.6) is 11.8 Å². The number of nitrogens with one attached hydrogen (secondary N) is 4. The maximum Gasteiger partial charge on any atom is 0.417 e. The van der Waals surface area contributed by atoms with Gasteiger partial charge in [0.05, 0.1) is 10.6 Å². The second-order valence-corrected chi connectivity index (χ2v) is 8.08. The molecule has 2 amide bonds. The Balaban J connectivity index is 1.40. The van der Waals surface area contributed by atoms with E-state index in [4.69, 9.17) is 16.3 Å². The number of hydrogen-bond donors (Lipinski definition) is 4. The minimum Gasteiger partial charge on any atom is -0.424 e. The number of carbonyl (C=O) groups excluding carboxylic acids is 1. The summed E-state index contributed by atoms with van der Waals surface area (Å²) in [6, 6.07) is 10.4. The highest BCUT2D eigenvalue weighted by Crippen LogP contribution is 2.36. The summed E-state index contributed by atoms with van der Waals surface area (Å²) < 4.78 is 44.8. The van der Waals surface area contributed by atoms with Gasteiger partial charge in [-0.1, -0.05) is 18.5 Å². The fourth-order valence-electron chi connectivity index (χ4n) is 3.08. The van der Waals surface area contributed by atoms with Gasteiger partial charge in [0.25, 0.3) is 0 Å². The van der Waals surface area contributed by atoms with Crippen molar-refractivity contribution in [3.8, 4) is 11.8 Å². The predicted octanol–water partition coefficient (Wildman–Crippen LogP) is 6.32. The third-order valence-electron chi connectivity index (χ3n) is 4.77. The normalized spacial score (nSPS) is 11.2. The number of anilines is 4. The Kier molecular flexibility index (Phi) is 7.43. The molecule has 0 bridgehead atoms. The molecule has 4 rings (SSSR count). The summed E-state index contributed by atoms with van der Waals surface area (Å²) in [5, 5.41) is 14.3. The molecule has 2 aromatic heterocycles. The summed E-state index contributed by atoms with van der Waals surface area (Å²) in [5.74, 6) is 1.69. The SMILES string of the molecule is CCc1nc(Nc2cc(C)[nH]n2)nc(Oc2ccc(NC(=O)Nc3ccc(Cl)c(C(F)(F)F)c3)cc2)n1. The van der Waals surface area contributed by atoms with Crippen molar-refractivity contribution in [1.29, 1.82) is 0 Å². The van der Waals surface area contributed by atoms with Crippen LogP contribution in [0, 0.1) is 6.92 Å². The van der Waals surface area contributed by atoms with Crippen LogP contribution >= 0.6 is 11.6 Å². The fraction of sp³-hybridized carbons (Fsp3) is 0.174. The maximum absolute atomic E-state index is 13.0. The number of urea groups is 1. The molecule has 0 spiro atoms. The van der Waals surface area contributed by atoms with Crippen LogP contribution in [0.3, 0.4) is 0 Å². The third-order valence-corrected chi connectivity index (χ3v) is 5.10. The van der Waals surface area contributed by atoms with Crippen LogP contribution in [-0.4, -0.2) is 31.2 Å². The van der Waals surface area contributed by atoms with Crippen LogP contribution in [0.4, 0.5) is 41.1 Å². The lowest BCUT2D eigenvalue weighted by Gasteiger charge is -2.12. The molecule has 0 unspecified atom stereocenters. The Morgan fingerprint density at radius 3 is 2.38 bits per heavy atom. The molecule has 0 saturated heterocycles. The Labute approximate surface area is 213 Å². The minimum atomic E-state index is -4.65. The number of ether oxygens (including phenoxy) is 1. The molecule has 2 aromatic carbocycles. The standard InChI is InChI=1S/C23H20ClF3N8O2/c1-3-18-30-20(31-19-10-12(2)34-35-19)33-22(32-18)37-15-7-4-13(5-8-15)28-21(36)29-14-6-9-17(24)16(11-14)23(25,26)27/h4-11H,3H2,1-2H3,(H2,28,29,36)(H2,30,31,32,33,34,35). The molecule has 0 saturated carbocycles. The lowest BCUT2D eigenvalue weighted by atomic mass is 10.2. The minimum absolute atomic E-state index is 0.0586. The van der Waals surface area contributed by atoms with Crippen molar-refractivity contribution in [3.05, 3.63) is 70.6 Å². The summed E-state index contributed by atoms with van der Waals surface area (Å²) in [7, 11) is 0. The molecule has 14 heteroatoms. The number of alkyl halides is 3. The van der Waals surface area contributed by atoms with E-state index >= 15 is 0 Å². The molecule has 2 heterocycles. The van der Waals surface area contributed by atoms with Gasteiger partial charge < -0.3 is 20.7 Å². The van der Waals surface area contributed by atoms with E-state index in [0.717, 1.165) is 17.8 Å². The van der Waals surface area contributed by atoms with Gasteiger partial charge in [0, 0.05) is 29.6 Å². The highest BCUT2D eigenvalue weighted by Gasteiger charge is 2.33. The third kappa shape index (κ3) is 6.85. The molecule has 0 fully saturated rings. The zero-order chi connectivity index (χ0) is 26.6. The van der Waals surface area contributed by atoms with Crippen molar-refractivity contribution in [2.24, 2.45) is 0 Å². The van der Waals surface area contributed by atoms with E-state index in [1.54, 1.807) is 30.3 Å². The summed E-state index contributed by atoms with van der Waals surface area (Å²) in [6.45, 7) is 3.75. The molecule has 4 N–H and O–H groups in total. The zero-order valence-corrected chi connectivity index (χ0v) is 20.2. The molecular formula is C23H20ClF3N8O2. The van der Waals surface area contributed by atoms with E-state index < -0.39 is 22.8 Å². The van der Waals surface area contributed by atoms with Gasteiger partial charge in [-0.3, -0.25) is 5.10 Å². The molecule has 0 radical (unpaired) electrons. The number of carbonyl (C=O) groups is 1. The number of aromatic nitrogens is 5. The molecule has 192 valence electrons. The van der Waals surface area contributed by atoms with Crippen molar-refractivity contribution < 1.29 is 22.7 Å². The predicted molar refractivity (Wildman–Crippen MR) is 131 cm³/mol. The van der Waals surface area contributed by atoms with Gasteiger partial charge in [0.1, 0.15) is 11.6 Å². The Morgan fingerprint density at radius 2 is 1.73 bits per heavy atom. The summed E-state index contributed by atoms with van der Waals surface area (Å²) in [4.78, 5) is 25.1. The van der Waals surface area contributed by atoms with Gasteiger partial charge in [-0.05, 0) is 49.4 Å². The lowest BCUT2D eigenvalue weighted by molar-refractivity contribution is -0.137. The summed E-state index contributed by atoms with van der Waals surface area (Å²) in [5.41, 5.74) is 0.127. The first-order valence-electron chi connectivity index (χ1n) is 10.9. The van der Waals surface area contributed by atoms with Crippen LogP contribution < -0.4 is 20.7 Å². The van der Waals surface area contributed by atoms with Gasteiger partial charge in [0.2, 0.25) is 5.95 Å². The number of hydrogen-bond acceptors (Lipinski definition) is 7. The van der Waals surface area contributed by atoms with Crippen molar-refractivity contribution in [1.82, 2.24) is 25.1 Å². The fourth-order valence-corrected chi connectivity index (χ4v) is 3.30. The number of aryl methyl sites for hydroxylation is 2. The van der Waals surface area contributed by atoms with E-state index in [1.165, 1.54) is 6.07 Å². The number of amides is 2. The molecule has 0 aliphatic rings. The first-order chi connectivity index (χ1) is 17.6. The Bertz CT molecular complexity index is 1410. The Hall–Kier alpha value is -4.39. The van der Waals surface area contributed by atoms with Crippen molar-refractivity contribution in [3.63, 3.8) is 0 Å². The number of halogens is 4. The highest BCUT2D eigenvalue weighted by molar-refractivity contribution is 6.31. The van der Waals surface area contributed by atoms with Gasteiger partial charge in [-0.2, -0.15) is 33.2 Å². The monoisotopic (exact) mass is 532 g/mol. The highest BCUT2D eigenvalue weighted by atomic mass is 35.5. The average Bonchev–Trinajstić information content (AvgIpc) is 3.25. The van der Waals surface area contributed by atoms with Gasteiger partial charge in [-0.25, -0.2) is 4.79 Å². The van der Waals surface area contributed by atoms with Crippen LogP contribution in [-0.2, 0) is 12.6 Å². The maximum atomic E-state index is 13.0. The molecular weight excluding hydrogens is 513 g/mol. The summed E-state index contributed by atoms with van der Waals surface area (Å²) in [6.07, 6.45) is -4.10. The molecule has 0 aliphatic heterocycles. The van der Waals surface area contributed by atoms with Crippen molar-refractivity contribution >= 4 is 40.8 Å². The molecule has 0 aliphatic carbocycles. The second kappa shape index (κ2) is 10.7. The van der Waals surface area contributed by atoms with Crippen LogP contribution in [0.1, 0.15) is 24.0 Å². The van der Waals surface area contributed by atoms with E-state index in [0.29, 0.717) is 29.5 Å². The van der Waals surface area contributed by atoms with E-state index in [-0.39, 0.29) is 17.6 Å². The van der Waals surface area contributed by atoms with Crippen LogP contribution in [0.25, 0.3) is 0 Å². The summed E-state index contributed by atoms with van der Waals surface area (Å²) >= 11 is 5.60. The molecule has 37 heavy (non-hydrogen) atoms. The van der Waals surface area contributed by atoms with E-state index in [9.17, 15) is 18.0 Å². The Morgan fingerprint density at radius 1 is 1.03 bits per heavy atom. The van der Waals surface area contributed by atoms with Crippen molar-refractivity contribution in [2.45, 2.75) is 26.4 Å². The number of benzene rings is 2. The smallest absolute Gasteiger partial charge is 0.417 e. The molecule has 4 aromatic rings. The number of rotatable bonds is 7. The second-order valence-electron chi connectivity index (χ2n) is 7.67. The van der Waals surface area contributed by atoms with E-state index in [1.807, 2.05) is 13.8 Å². The first kappa shape index (κ1) is 25.7. The van der Waals surface area contributed by atoms with Crippen molar-refractivity contribution in [2.75, 3.05) is 16.0 Å². The number of aromatic amines is 1. The van der Waals surface area contributed by atoms with E-state index in [2.05, 4.69) is 41.1 Å². The lowest BCUT2D eigenvalue weighted by Crippen LogP contribution is -2.19. The zero-order valence-electron chi connectivity index (χ0n) is 19.4. The van der Waals surface area contributed by atoms with Gasteiger partial charge in [-0.15, -0.1) is 0 Å². The first-order valence-corrected chi connectivity index (χ1v) is 11.2. The largest absolute Gasteiger partial charge is 0.424 e. The van der Waals surface area contributed by atoms with Gasteiger partial charge in [0.15, 0.2) is 5.82 Å².